The average molecular weight is 266 g/mol. The lowest BCUT2D eigenvalue weighted by molar-refractivity contribution is -0.0134. The molecular weight excluding hydrogens is 246 g/mol. The maximum Gasteiger partial charge on any atom is 0.0471 e. The summed E-state index contributed by atoms with van der Waals surface area (Å²) in [4.78, 5) is 0. The summed E-state index contributed by atoms with van der Waals surface area (Å²) >= 11 is 6.15. The van der Waals surface area contributed by atoms with Gasteiger partial charge in [-0.3, -0.25) is 0 Å². The molecule has 0 bridgehead atoms. The smallest absolute Gasteiger partial charge is 0.0471 e. The Hall–Kier alpha value is -0.570. The fourth-order valence-corrected chi connectivity index (χ4v) is 3.74. The molecule has 0 saturated carbocycles. The molecule has 2 nitrogen and oxygen atoms in total. The normalized spacial score (nSPS) is 27.3. The van der Waals surface area contributed by atoms with E-state index in [1.165, 1.54) is 24.8 Å². The van der Waals surface area contributed by atoms with Gasteiger partial charge < -0.3 is 10.1 Å². The van der Waals surface area contributed by atoms with Crippen LogP contribution in [0.4, 0.5) is 0 Å². The summed E-state index contributed by atoms with van der Waals surface area (Å²) in [6, 6.07) is 8.38. The third-order valence-corrected chi connectivity index (χ3v) is 4.86. The lowest BCUT2D eigenvalue weighted by Gasteiger charge is -2.47. The van der Waals surface area contributed by atoms with E-state index in [1.54, 1.807) is 0 Å². The Balaban J connectivity index is 1.91. The maximum atomic E-state index is 6.15. The predicted molar refractivity (Wildman–Crippen MR) is 74.2 cm³/mol. The first-order valence-corrected chi connectivity index (χ1v) is 7.22. The van der Waals surface area contributed by atoms with E-state index >= 15 is 0 Å². The van der Waals surface area contributed by atoms with Crippen LogP contribution in [0.25, 0.3) is 0 Å². The van der Waals surface area contributed by atoms with E-state index in [-0.39, 0.29) is 0 Å². The minimum Gasteiger partial charge on any atom is -0.381 e. The van der Waals surface area contributed by atoms with Crippen LogP contribution in [-0.4, -0.2) is 26.3 Å². The van der Waals surface area contributed by atoms with Crippen molar-refractivity contribution in [3.05, 3.63) is 34.9 Å². The zero-order chi connectivity index (χ0) is 12.4. The Morgan fingerprint density at radius 1 is 1.22 bits per heavy atom. The summed E-state index contributed by atoms with van der Waals surface area (Å²) in [5, 5.41) is 4.39. The minimum absolute atomic E-state index is 0.425. The van der Waals surface area contributed by atoms with Gasteiger partial charge >= 0.3 is 0 Å². The molecule has 0 radical (unpaired) electrons. The maximum absolute atomic E-state index is 6.15. The van der Waals surface area contributed by atoms with Gasteiger partial charge in [-0.1, -0.05) is 23.7 Å². The van der Waals surface area contributed by atoms with Crippen molar-refractivity contribution in [3.63, 3.8) is 0 Å². The Labute approximate surface area is 114 Å². The van der Waals surface area contributed by atoms with Gasteiger partial charge in [0, 0.05) is 30.7 Å². The van der Waals surface area contributed by atoms with Crippen molar-refractivity contribution in [2.45, 2.75) is 25.2 Å². The number of hydrogen-bond donors (Lipinski definition) is 1. The van der Waals surface area contributed by atoms with Crippen molar-refractivity contribution in [1.29, 1.82) is 0 Å². The molecule has 2 saturated heterocycles. The predicted octanol–water partition coefficient (Wildman–Crippen LogP) is 3.21. The molecule has 1 unspecified atom stereocenters. The largest absolute Gasteiger partial charge is 0.381 e. The van der Waals surface area contributed by atoms with Gasteiger partial charge in [0.15, 0.2) is 0 Å². The van der Waals surface area contributed by atoms with E-state index < -0.39 is 0 Å². The molecule has 3 heteroatoms. The van der Waals surface area contributed by atoms with Crippen molar-refractivity contribution in [2.24, 2.45) is 5.41 Å². The number of hydrogen-bond acceptors (Lipinski definition) is 2. The van der Waals surface area contributed by atoms with Gasteiger partial charge in [0.05, 0.1) is 0 Å². The third kappa shape index (κ3) is 2.29. The molecule has 3 rings (SSSR count). The second-order valence-corrected chi connectivity index (χ2v) is 5.97. The summed E-state index contributed by atoms with van der Waals surface area (Å²) < 4.78 is 5.56. The number of nitrogens with one attached hydrogen (secondary N) is 1. The minimum atomic E-state index is 0.425. The molecule has 0 aromatic heterocycles. The zero-order valence-corrected chi connectivity index (χ0v) is 11.4. The van der Waals surface area contributed by atoms with Crippen molar-refractivity contribution in [1.82, 2.24) is 5.32 Å². The molecule has 2 aliphatic rings. The highest BCUT2D eigenvalue weighted by molar-refractivity contribution is 6.30. The monoisotopic (exact) mass is 265 g/mol. The molecule has 18 heavy (non-hydrogen) atoms. The summed E-state index contributed by atoms with van der Waals surface area (Å²) in [5.41, 5.74) is 1.81. The fraction of sp³-hybridized carbons (Fsp3) is 0.600. The Morgan fingerprint density at radius 2 is 2.06 bits per heavy atom. The van der Waals surface area contributed by atoms with Crippen LogP contribution in [0.3, 0.4) is 0 Å². The second-order valence-electron chi connectivity index (χ2n) is 5.54. The van der Waals surface area contributed by atoms with E-state index in [0.29, 0.717) is 11.3 Å². The van der Waals surface area contributed by atoms with Gasteiger partial charge in [0.2, 0.25) is 0 Å². The lowest BCUT2D eigenvalue weighted by Crippen LogP contribution is -2.46. The van der Waals surface area contributed by atoms with Crippen molar-refractivity contribution in [2.75, 3.05) is 26.3 Å². The molecule has 2 aliphatic heterocycles. The summed E-state index contributed by atoms with van der Waals surface area (Å²) in [7, 11) is 0. The molecule has 0 aliphatic carbocycles. The van der Waals surface area contributed by atoms with Gasteiger partial charge in [-0.25, -0.2) is 0 Å². The molecular formula is C15H20ClNO. The van der Waals surface area contributed by atoms with Crippen LogP contribution in [0.1, 0.15) is 30.7 Å². The topological polar surface area (TPSA) is 21.3 Å². The Morgan fingerprint density at radius 3 is 2.83 bits per heavy atom. The van der Waals surface area contributed by atoms with Gasteiger partial charge in [-0.15, -0.1) is 0 Å². The van der Waals surface area contributed by atoms with Crippen LogP contribution in [0.15, 0.2) is 24.3 Å². The highest BCUT2D eigenvalue weighted by Crippen LogP contribution is 2.48. The number of piperidine rings is 1. The molecule has 2 fully saturated rings. The quantitative estimate of drug-likeness (QED) is 0.842. The van der Waals surface area contributed by atoms with E-state index in [9.17, 15) is 0 Å². The van der Waals surface area contributed by atoms with Crippen molar-refractivity contribution < 1.29 is 4.74 Å². The molecule has 1 spiro atoms. The first-order chi connectivity index (χ1) is 8.80. The number of ether oxygens (including phenoxy) is 1. The van der Waals surface area contributed by atoms with Gasteiger partial charge in [-0.05, 0) is 48.9 Å². The van der Waals surface area contributed by atoms with E-state index in [4.69, 9.17) is 16.3 Å². The van der Waals surface area contributed by atoms with Crippen molar-refractivity contribution >= 4 is 11.6 Å². The molecule has 1 aromatic rings. The average Bonchev–Trinajstić information content (AvgIpc) is 2.40. The summed E-state index contributed by atoms with van der Waals surface area (Å²) in [6.45, 7) is 4.03. The number of benzene rings is 1. The standard InChI is InChI=1S/C15H20ClNO/c16-13-3-1-2-12(10-13)14-11-17-7-4-15(14)5-8-18-9-6-15/h1-3,10,14,17H,4-9,11H2. The van der Waals surface area contributed by atoms with Crippen molar-refractivity contribution in [3.8, 4) is 0 Å². The van der Waals surface area contributed by atoms with Crippen LogP contribution in [0, 0.1) is 5.41 Å². The number of halogens is 1. The SMILES string of the molecule is Clc1cccc(C2CNCCC23CCOCC3)c1. The van der Waals surface area contributed by atoms with E-state index in [2.05, 4.69) is 23.5 Å². The molecule has 1 atom stereocenters. The first kappa shape index (κ1) is 12.5. The molecule has 1 N–H and O–H groups in total. The van der Waals surface area contributed by atoms with Crippen LogP contribution in [0.2, 0.25) is 5.02 Å². The molecule has 1 aromatic carbocycles. The van der Waals surface area contributed by atoms with Crippen LogP contribution in [0.5, 0.6) is 0 Å². The zero-order valence-electron chi connectivity index (χ0n) is 10.6. The summed E-state index contributed by atoms with van der Waals surface area (Å²) in [5.74, 6) is 0.578. The fourth-order valence-electron chi connectivity index (χ4n) is 3.55. The van der Waals surface area contributed by atoms with Gasteiger partial charge in [0.1, 0.15) is 0 Å². The lowest BCUT2D eigenvalue weighted by atomic mass is 9.63. The van der Waals surface area contributed by atoms with E-state index in [0.717, 1.165) is 31.3 Å². The molecule has 2 heterocycles. The summed E-state index contributed by atoms with van der Waals surface area (Å²) in [6.07, 6.45) is 3.63. The Bertz CT molecular complexity index is 406. The van der Waals surface area contributed by atoms with Gasteiger partial charge in [-0.2, -0.15) is 0 Å². The van der Waals surface area contributed by atoms with Gasteiger partial charge in [0.25, 0.3) is 0 Å². The van der Waals surface area contributed by atoms with E-state index in [1.807, 2.05) is 6.07 Å². The van der Waals surface area contributed by atoms with Crippen LogP contribution < -0.4 is 5.32 Å². The van der Waals surface area contributed by atoms with Crippen LogP contribution in [-0.2, 0) is 4.74 Å². The molecule has 98 valence electrons. The third-order valence-electron chi connectivity index (χ3n) is 4.63. The molecule has 0 amide bonds. The highest BCUT2D eigenvalue weighted by Gasteiger charge is 2.42. The van der Waals surface area contributed by atoms with Crippen LogP contribution >= 0.6 is 11.6 Å². The first-order valence-electron chi connectivity index (χ1n) is 6.84. The number of rotatable bonds is 1. The Kier molecular flexibility index (Phi) is 3.60. The highest BCUT2D eigenvalue weighted by atomic mass is 35.5. The second kappa shape index (κ2) is 5.20.